The Balaban J connectivity index is 2.55. The molecule has 0 aliphatic carbocycles. The monoisotopic (exact) mass is 184 g/mol. The Morgan fingerprint density at radius 2 is 1.69 bits per heavy atom. The second-order valence-corrected chi connectivity index (χ2v) is 4.68. The fourth-order valence-corrected chi connectivity index (χ4v) is 2.90. The van der Waals surface area contributed by atoms with Crippen LogP contribution in [-0.4, -0.2) is 30.2 Å². The van der Waals surface area contributed by atoms with Gasteiger partial charge < -0.3 is 4.48 Å². The topological polar surface area (TPSA) is 0 Å². The van der Waals surface area contributed by atoms with Crippen LogP contribution in [0.25, 0.3) is 0 Å². The van der Waals surface area contributed by atoms with Crippen molar-refractivity contribution in [3.8, 4) is 0 Å². The van der Waals surface area contributed by atoms with E-state index >= 15 is 0 Å². The summed E-state index contributed by atoms with van der Waals surface area (Å²) in [6.07, 6.45) is 7.15. The van der Waals surface area contributed by atoms with Gasteiger partial charge in [-0.25, -0.2) is 0 Å². The van der Waals surface area contributed by atoms with Crippen molar-refractivity contribution in [3.63, 3.8) is 0 Å². The number of likely N-dealkylation sites (tertiary alicyclic amines) is 1. The molecule has 0 amide bonds. The standard InChI is InChI=1S/C12H26N/c1-4-9-12(3)13(5-2)10-7-6-8-11-13/h12H,4-11H2,1-3H3/q+1. The molecule has 1 fully saturated rings. The molecule has 1 saturated heterocycles. The number of hydrogen-bond donors (Lipinski definition) is 0. The van der Waals surface area contributed by atoms with Crippen molar-refractivity contribution in [2.24, 2.45) is 0 Å². The summed E-state index contributed by atoms with van der Waals surface area (Å²) >= 11 is 0. The lowest BCUT2D eigenvalue weighted by Crippen LogP contribution is -2.56. The van der Waals surface area contributed by atoms with Gasteiger partial charge in [-0.05, 0) is 39.5 Å². The normalized spacial score (nSPS) is 24.2. The zero-order valence-electron chi connectivity index (χ0n) is 9.68. The maximum absolute atomic E-state index is 2.46. The van der Waals surface area contributed by atoms with E-state index in [4.69, 9.17) is 0 Å². The molecule has 1 heterocycles. The predicted molar refractivity (Wildman–Crippen MR) is 58.8 cm³/mol. The Labute approximate surface area is 83.7 Å². The Morgan fingerprint density at radius 3 is 2.15 bits per heavy atom. The molecule has 0 aromatic rings. The SMILES string of the molecule is CCCC(C)[N+]1(CC)CCCCC1. The average molecular weight is 184 g/mol. The molecule has 0 aromatic heterocycles. The zero-order chi connectivity index (χ0) is 9.73. The van der Waals surface area contributed by atoms with Crippen LogP contribution in [0.15, 0.2) is 0 Å². The molecule has 1 nitrogen and oxygen atoms in total. The van der Waals surface area contributed by atoms with Crippen LogP contribution >= 0.6 is 0 Å². The van der Waals surface area contributed by atoms with E-state index in [0.717, 1.165) is 6.04 Å². The molecule has 1 atom stereocenters. The molecule has 0 spiro atoms. The van der Waals surface area contributed by atoms with Crippen molar-refractivity contribution in [2.75, 3.05) is 19.6 Å². The Bertz CT molecular complexity index is 136. The maximum atomic E-state index is 2.46. The van der Waals surface area contributed by atoms with Crippen molar-refractivity contribution in [2.45, 2.75) is 58.9 Å². The fourth-order valence-electron chi connectivity index (χ4n) is 2.90. The van der Waals surface area contributed by atoms with Gasteiger partial charge in [-0.2, -0.15) is 0 Å². The van der Waals surface area contributed by atoms with Crippen LogP contribution < -0.4 is 0 Å². The van der Waals surface area contributed by atoms with Crippen molar-refractivity contribution >= 4 is 0 Å². The van der Waals surface area contributed by atoms with E-state index in [2.05, 4.69) is 20.8 Å². The molecule has 1 rings (SSSR count). The summed E-state index contributed by atoms with van der Waals surface area (Å²) in [6.45, 7) is 11.4. The molecule has 78 valence electrons. The van der Waals surface area contributed by atoms with E-state index in [-0.39, 0.29) is 0 Å². The number of nitrogens with zero attached hydrogens (tertiary/aromatic N) is 1. The molecule has 1 heteroatoms. The van der Waals surface area contributed by atoms with Gasteiger partial charge in [-0.3, -0.25) is 0 Å². The summed E-state index contributed by atoms with van der Waals surface area (Å²) < 4.78 is 1.41. The largest absolute Gasteiger partial charge is 0.322 e. The smallest absolute Gasteiger partial charge is 0.0861 e. The van der Waals surface area contributed by atoms with Crippen molar-refractivity contribution in [3.05, 3.63) is 0 Å². The highest BCUT2D eigenvalue weighted by atomic mass is 15.4. The molecular formula is C12H26N+. The summed E-state index contributed by atoms with van der Waals surface area (Å²) in [5, 5.41) is 0. The summed E-state index contributed by atoms with van der Waals surface area (Å²) in [7, 11) is 0. The third-order valence-electron chi connectivity index (χ3n) is 3.98. The molecule has 1 aliphatic rings. The third kappa shape index (κ3) is 2.46. The number of rotatable bonds is 4. The minimum absolute atomic E-state index is 0.898. The van der Waals surface area contributed by atoms with Gasteiger partial charge in [0.15, 0.2) is 0 Å². The summed E-state index contributed by atoms with van der Waals surface area (Å²) in [5.74, 6) is 0. The van der Waals surface area contributed by atoms with Gasteiger partial charge in [0.2, 0.25) is 0 Å². The second-order valence-electron chi connectivity index (χ2n) is 4.68. The first kappa shape index (κ1) is 11.0. The Morgan fingerprint density at radius 1 is 1.08 bits per heavy atom. The van der Waals surface area contributed by atoms with Gasteiger partial charge in [-0.1, -0.05) is 13.3 Å². The number of quaternary nitrogens is 1. The summed E-state index contributed by atoms with van der Waals surface area (Å²) in [4.78, 5) is 0. The van der Waals surface area contributed by atoms with Gasteiger partial charge >= 0.3 is 0 Å². The molecule has 13 heavy (non-hydrogen) atoms. The zero-order valence-corrected chi connectivity index (χ0v) is 9.68. The van der Waals surface area contributed by atoms with E-state index in [1.165, 1.54) is 56.2 Å². The van der Waals surface area contributed by atoms with Gasteiger partial charge in [0.05, 0.1) is 25.7 Å². The first-order valence-corrected chi connectivity index (χ1v) is 6.11. The van der Waals surface area contributed by atoms with Crippen LogP contribution in [0.4, 0.5) is 0 Å². The Kier molecular flexibility index (Phi) is 4.24. The predicted octanol–water partition coefficient (Wildman–Crippen LogP) is 3.20. The van der Waals surface area contributed by atoms with Crippen LogP contribution in [-0.2, 0) is 0 Å². The van der Waals surface area contributed by atoms with Crippen molar-refractivity contribution in [1.29, 1.82) is 0 Å². The van der Waals surface area contributed by atoms with Gasteiger partial charge in [-0.15, -0.1) is 0 Å². The van der Waals surface area contributed by atoms with E-state index < -0.39 is 0 Å². The second kappa shape index (κ2) is 4.99. The highest BCUT2D eigenvalue weighted by molar-refractivity contribution is 4.59. The maximum Gasteiger partial charge on any atom is 0.0861 e. The number of piperidine rings is 1. The highest BCUT2D eigenvalue weighted by Crippen LogP contribution is 2.24. The van der Waals surface area contributed by atoms with Crippen LogP contribution in [0.3, 0.4) is 0 Å². The van der Waals surface area contributed by atoms with Crippen LogP contribution in [0.1, 0.15) is 52.9 Å². The van der Waals surface area contributed by atoms with Crippen LogP contribution in [0.2, 0.25) is 0 Å². The fraction of sp³-hybridized carbons (Fsp3) is 1.00. The minimum atomic E-state index is 0.898. The van der Waals surface area contributed by atoms with E-state index in [1.54, 1.807) is 0 Å². The van der Waals surface area contributed by atoms with Gasteiger partial charge in [0, 0.05) is 0 Å². The highest BCUT2D eigenvalue weighted by Gasteiger charge is 2.32. The lowest BCUT2D eigenvalue weighted by molar-refractivity contribution is -0.952. The molecule has 1 aliphatic heterocycles. The number of hydrogen-bond acceptors (Lipinski definition) is 0. The Hall–Kier alpha value is -0.0400. The minimum Gasteiger partial charge on any atom is -0.322 e. The van der Waals surface area contributed by atoms with Crippen molar-refractivity contribution in [1.82, 2.24) is 0 Å². The molecule has 1 unspecified atom stereocenters. The molecule has 0 N–H and O–H groups in total. The van der Waals surface area contributed by atoms with E-state index in [1.807, 2.05) is 0 Å². The first-order chi connectivity index (χ1) is 6.25. The average Bonchev–Trinajstić information content (AvgIpc) is 2.19. The molecule has 0 saturated carbocycles. The third-order valence-corrected chi connectivity index (χ3v) is 3.98. The molecule has 0 aromatic carbocycles. The molecular weight excluding hydrogens is 158 g/mol. The lowest BCUT2D eigenvalue weighted by atomic mass is 10.0. The summed E-state index contributed by atoms with van der Waals surface area (Å²) in [6, 6.07) is 0.898. The lowest BCUT2D eigenvalue weighted by Gasteiger charge is -2.45. The van der Waals surface area contributed by atoms with Crippen LogP contribution in [0.5, 0.6) is 0 Å². The quantitative estimate of drug-likeness (QED) is 0.589. The van der Waals surface area contributed by atoms with Gasteiger partial charge in [0.25, 0.3) is 0 Å². The van der Waals surface area contributed by atoms with Gasteiger partial charge in [0.1, 0.15) is 0 Å². The van der Waals surface area contributed by atoms with Crippen LogP contribution in [0, 0.1) is 0 Å². The molecule has 0 bridgehead atoms. The summed E-state index contributed by atoms with van der Waals surface area (Å²) in [5.41, 5.74) is 0. The van der Waals surface area contributed by atoms with E-state index in [0.29, 0.717) is 0 Å². The first-order valence-electron chi connectivity index (χ1n) is 6.11. The van der Waals surface area contributed by atoms with Crippen molar-refractivity contribution < 1.29 is 4.48 Å². The molecule has 0 radical (unpaired) electrons. The van der Waals surface area contributed by atoms with E-state index in [9.17, 15) is 0 Å².